The van der Waals surface area contributed by atoms with Crippen molar-refractivity contribution in [3.05, 3.63) is 64.6 Å². The van der Waals surface area contributed by atoms with Crippen LogP contribution in [0.15, 0.2) is 64.0 Å². The van der Waals surface area contributed by atoms with Crippen molar-refractivity contribution in [3.63, 3.8) is 0 Å². The molecule has 136 valence electrons. The van der Waals surface area contributed by atoms with Crippen molar-refractivity contribution in [3.8, 4) is 6.07 Å². The maximum absolute atomic E-state index is 12.6. The molecular weight excluding hydrogens is 418 g/mol. The van der Waals surface area contributed by atoms with Crippen LogP contribution in [0.3, 0.4) is 0 Å². The first-order chi connectivity index (χ1) is 12.4. The molecule has 0 aromatic heterocycles. The lowest BCUT2D eigenvalue weighted by Crippen LogP contribution is -2.38. The standard InChI is InChI=1S/C19H18BrNO4S/c1-2-25-18(22)19(14-21,15-8-10-16(20)11-9-15)12-13-26(23,24)17-6-4-3-5-7-17/h3-11H,2,12-13H2,1H3/t19-/m0/s1. The number of hydrogen-bond acceptors (Lipinski definition) is 5. The van der Waals surface area contributed by atoms with Gasteiger partial charge < -0.3 is 4.74 Å². The van der Waals surface area contributed by atoms with Crippen molar-refractivity contribution in [1.82, 2.24) is 0 Å². The minimum absolute atomic E-state index is 0.101. The maximum atomic E-state index is 12.6. The normalized spacial score (nSPS) is 13.4. The van der Waals surface area contributed by atoms with E-state index in [1.54, 1.807) is 49.4 Å². The van der Waals surface area contributed by atoms with E-state index in [9.17, 15) is 18.5 Å². The Hall–Kier alpha value is -2.17. The van der Waals surface area contributed by atoms with Gasteiger partial charge in [-0.15, -0.1) is 0 Å². The smallest absolute Gasteiger partial charge is 0.331 e. The predicted molar refractivity (Wildman–Crippen MR) is 101 cm³/mol. The van der Waals surface area contributed by atoms with Crippen LogP contribution >= 0.6 is 15.9 Å². The number of esters is 1. The molecule has 0 spiro atoms. The third-order valence-corrected chi connectivity index (χ3v) is 6.26. The zero-order valence-electron chi connectivity index (χ0n) is 14.2. The Kier molecular flexibility index (Phi) is 6.57. The van der Waals surface area contributed by atoms with Crippen molar-refractivity contribution >= 4 is 31.7 Å². The Morgan fingerprint density at radius 2 is 1.77 bits per heavy atom. The Morgan fingerprint density at radius 1 is 1.15 bits per heavy atom. The molecule has 0 aliphatic carbocycles. The summed E-state index contributed by atoms with van der Waals surface area (Å²) in [5.74, 6) is -1.09. The molecule has 2 aromatic carbocycles. The highest BCUT2D eigenvalue weighted by atomic mass is 79.9. The van der Waals surface area contributed by atoms with E-state index in [4.69, 9.17) is 4.74 Å². The van der Waals surface area contributed by atoms with Gasteiger partial charge in [0.25, 0.3) is 0 Å². The van der Waals surface area contributed by atoms with E-state index in [0.29, 0.717) is 5.56 Å². The summed E-state index contributed by atoms with van der Waals surface area (Å²) in [6.45, 7) is 1.74. The number of hydrogen-bond donors (Lipinski definition) is 0. The Bertz CT molecular complexity index is 905. The van der Waals surface area contributed by atoms with E-state index < -0.39 is 21.2 Å². The summed E-state index contributed by atoms with van der Waals surface area (Å²) in [5.41, 5.74) is -1.27. The third kappa shape index (κ3) is 4.32. The lowest BCUT2D eigenvalue weighted by molar-refractivity contribution is -0.147. The van der Waals surface area contributed by atoms with Gasteiger partial charge in [0.1, 0.15) is 0 Å². The van der Waals surface area contributed by atoms with Gasteiger partial charge in [0.05, 0.1) is 23.3 Å². The Balaban J connectivity index is 2.40. The number of carbonyl (C=O) groups excluding carboxylic acids is 1. The molecule has 5 nitrogen and oxygen atoms in total. The average Bonchev–Trinajstić information content (AvgIpc) is 2.65. The van der Waals surface area contributed by atoms with Crippen LogP contribution in [0.1, 0.15) is 18.9 Å². The molecule has 0 unspecified atom stereocenters. The number of nitriles is 1. The molecule has 1 atom stereocenters. The summed E-state index contributed by atoms with van der Waals surface area (Å²) in [6.07, 6.45) is -0.193. The zero-order valence-corrected chi connectivity index (χ0v) is 16.6. The number of benzene rings is 2. The molecule has 2 rings (SSSR count). The molecule has 0 radical (unpaired) electrons. The van der Waals surface area contributed by atoms with Gasteiger partial charge in [-0.1, -0.05) is 46.3 Å². The fourth-order valence-corrected chi connectivity index (χ4v) is 4.20. The number of rotatable bonds is 7. The van der Waals surface area contributed by atoms with Crippen LogP contribution in [0.25, 0.3) is 0 Å². The number of halogens is 1. The summed E-state index contributed by atoms with van der Waals surface area (Å²) in [7, 11) is -3.64. The molecular formula is C19H18BrNO4S. The highest BCUT2D eigenvalue weighted by Gasteiger charge is 2.43. The maximum Gasteiger partial charge on any atom is 0.331 e. The Labute approximate surface area is 161 Å². The van der Waals surface area contributed by atoms with E-state index in [-0.39, 0.29) is 23.7 Å². The first-order valence-electron chi connectivity index (χ1n) is 7.98. The zero-order chi connectivity index (χ0) is 19.2. The van der Waals surface area contributed by atoms with Crippen molar-refractivity contribution in [2.24, 2.45) is 0 Å². The van der Waals surface area contributed by atoms with Gasteiger partial charge in [0.15, 0.2) is 15.3 Å². The largest absolute Gasteiger partial charge is 0.465 e. The molecule has 2 aromatic rings. The van der Waals surface area contributed by atoms with Gasteiger partial charge in [-0.2, -0.15) is 5.26 Å². The molecule has 0 N–H and O–H groups in total. The van der Waals surface area contributed by atoms with Gasteiger partial charge in [-0.05, 0) is 43.2 Å². The minimum Gasteiger partial charge on any atom is -0.465 e. The average molecular weight is 436 g/mol. The summed E-state index contributed by atoms with van der Waals surface area (Å²) in [4.78, 5) is 12.7. The molecule has 0 aliphatic rings. The van der Waals surface area contributed by atoms with Crippen LogP contribution in [0, 0.1) is 11.3 Å². The van der Waals surface area contributed by atoms with E-state index in [2.05, 4.69) is 15.9 Å². The molecule has 0 heterocycles. The van der Waals surface area contributed by atoms with Crippen molar-refractivity contribution in [2.75, 3.05) is 12.4 Å². The van der Waals surface area contributed by atoms with Gasteiger partial charge in [0, 0.05) is 4.47 Å². The lowest BCUT2D eigenvalue weighted by atomic mass is 9.79. The van der Waals surface area contributed by atoms with Gasteiger partial charge in [0.2, 0.25) is 0 Å². The van der Waals surface area contributed by atoms with Crippen molar-refractivity contribution in [2.45, 2.75) is 23.7 Å². The first-order valence-corrected chi connectivity index (χ1v) is 10.4. The highest BCUT2D eigenvalue weighted by molar-refractivity contribution is 9.10. The fraction of sp³-hybridized carbons (Fsp3) is 0.263. The van der Waals surface area contributed by atoms with E-state index >= 15 is 0 Å². The number of nitrogens with zero attached hydrogens (tertiary/aromatic N) is 1. The molecule has 0 bridgehead atoms. The van der Waals surface area contributed by atoms with E-state index in [1.807, 2.05) is 6.07 Å². The molecule has 0 saturated heterocycles. The summed E-state index contributed by atoms with van der Waals surface area (Å²) >= 11 is 3.31. The second-order valence-corrected chi connectivity index (χ2v) is 8.65. The molecule has 0 amide bonds. The van der Waals surface area contributed by atoms with Gasteiger partial charge in [-0.3, -0.25) is 0 Å². The molecule has 0 fully saturated rings. The number of ether oxygens (including phenoxy) is 1. The summed E-state index contributed by atoms with van der Waals surface area (Å²) < 4.78 is 31.1. The molecule has 0 saturated carbocycles. The summed E-state index contributed by atoms with van der Waals surface area (Å²) in [5, 5.41) is 9.81. The van der Waals surface area contributed by atoms with Crippen LogP contribution in [0.4, 0.5) is 0 Å². The number of carbonyl (C=O) groups is 1. The van der Waals surface area contributed by atoms with Crippen LogP contribution in [0.5, 0.6) is 0 Å². The SMILES string of the molecule is CCOC(=O)[C@](C#N)(CCS(=O)(=O)c1ccccc1)c1ccc(Br)cc1. The second-order valence-electron chi connectivity index (χ2n) is 5.63. The van der Waals surface area contributed by atoms with Crippen LogP contribution in [0.2, 0.25) is 0 Å². The quantitative estimate of drug-likeness (QED) is 0.619. The minimum atomic E-state index is -3.64. The predicted octanol–water partition coefficient (Wildman–Crippen LogP) is 3.64. The van der Waals surface area contributed by atoms with Crippen LogP contribution < -0.4 is 0 Å². The van der Waals surface area contributed by atoms with Gasteiger partial charge in [-0.25, -0.2) is 13.2 Å². The topological polar surface area (TPSA) is 84.2 Å². The first kappa shape index (κ1) is 20.1. The lowest BCUT2D eigenvalue weighted by Gasteiger charge is -2.25. The fourth-order valence-electron chi connectivity index (χ4n) is 2.55. The van der Waals surface area contributed by atoms with Crippen LogP contribution in [-0.2, 0) is 24.8 Å². The molecule has 26 heavy (non-hydrogen) atoms. The monoisotopic (exact) mass is 435 g/mol. The molecule has 0 aliphatic heterocycles. The Morgan fingerprint density at radius 3 is 2.31 bits per heavy atom. The van der Waals surface area contributed by atoms with E-state index in [0.717, 1.165) is 4.47 Å². The summed E-state index contributed by atoms with van der Waals surface area (Å²) in [6, 6.07) is 16.6. The van der Waals surface area contributed by atoms with Crippen molar-refractivity contribution < 1.29 is 17.9 Å². The van der Waals surface area contributed by atoms with Gasteiger partial charge >= 0.3 is 5.97 Å². The van der Waals surface area contributed by atoms with Crippen LogP contribution in [-0.4, -0.2) is 26.7 Å². The molecule has 7 heteroatoms. The van der Waals surface area contributed by atoms with Crippen molar-refractivity contribution in [1.29, 1.82) is 5.26 Å². The highest BCUT2D eigenvalue weighted by Crippen LogP contribution is 2.32. The second kappa shape index (κ2) is 8.47. The number of sulfone groups is 1. The third-order valence-electron chi connectivity index (χ3n) is 4.00. The van der Waals surface area contributed by atoms with E-state index in [1.165, 1.54) is 12.1 Å².